The van der Waals surface area contributed by atoms with Crippen LogP contribution < -0.4 is 4.90 Å². The summed E-state index contributed by atoms with van der Waals surface area (Å²) in [5.74, 6) is 0.723. The molecule has 9 nitrogen and oxygen atoms in total. The molecule has 1 saturated heterocycles. The van der Waals surface area contributed by atoms with Crippen LogP contribution >= 0.6 is 0 Å². The second kappa shape index (κ2) is 13.9. The van der Waals surface area contributed by atoms with Gasteiger partial charge in [-0.1, -0.05) is 68.4 Å². The molecule has 0 spiro atoms. The Morgan fingerprint density at radius 1 is 0.762 bits per heavy atom. The zero-order valence-corrected chi connectivity index (χ0v) is 24.4. The summed E-state index contributed by atoms with van der Waals surface area (Å²) in [6, 6.07) is 25.9. The average Bonchev–Trinajstić information content (AvgIpc) is 3.60. The zero-order chi connectivity index (χ0) is 29.3. The van der Waals surface area contributed by atoms with Gasteiger partial charge in [-0.15, -0.1) is 10.2 Å². The van der Waals surface area contributed by atoms with E-state index < -0.39 is 0 Å². The molecule has 5 rings (SSSR count). The lowest BCUT2D eigenvalue weighted by molar-refractivity contribution is -0.132. The molecule has 9 heteroatoms. The van der Waals surface area contributed by atoms with Gasteiger partial charge in [-0.3, -0.25) is 9.59 Å². The van der Waals surface area contributed by atoms with Gasteiger partial charge in [-0.25, -0.2) is 0 Å². The molecule has 0 radical (unpaired) electrons. The second-order valence-corrected chi connectivity index (χ2v) is 10.3. The minimum atomic E-state index is -0.260. The summed E-state index contributed by atoms with van der Waals surface area (Å²) in [7, 11) is 0. The molecule has 1 fully saturated rings. The molecule has 1 aliphatic heterocycles. The number of furan rings is 1. The van der Waals surface area contributed by atoms with Gasteiger partial charge in [0.25, 0.3) is 5.91 Å². The third-order valence-corrected chi connectivity index (χ3v) is 7.82. The SMILES string of the molecule is CCN(CC)CCN(CC(=O)N1CCN(c2ccc(-c3ccc(-c4ccccc4)cc3)nn2)CC1)C(=O)c1ccco1. The van der Waals surface area contributed by atoms with Crippen molar-refractivity contribution in [3.8, 4) is 22.4 Å². The quantitative estimate of drug-likeness (QED) is 0.264. The van der Waals surface area contributed by atoms with Crippen molar-refractivity contribution in [2.24, 2.45) is 0 Å². The van der Waals surface area contributed by atoms with Gasteiger partial charge in [0.1, 0.15) is 6.54 Å². The summed E-state index contributed by atoms with van der Waals surface area (Å²) >= 11 is 0. The number of benzene rings is 2. The second-order valence-electron chi connectivity index (χ2n) is 10.3. The first-order valence-corrected chi connectivity index (χ1v) is 14.6. The van der Waals surface area contributed by atoms with E-state index >= 15 is 0 Å². The number of carbonyl (C=O) groups is 2. The summed E-state index contributed by atoms with van der Waals surface area (Å²) in [6.45, 7) is 9.56. The van der Waals surface area contributed by atoms with Crippen LogP contribution in [0.15, 0.2) is 89.5 Å². The molecule has 2 amide bonds. The number of anilines is 1. The van der Waals surface area contributed by atoms with Crippen LogP contribution in [0.3, 0.4) is 0 Å². The third-order valence-electron chi connectivity index (χ3n) is 7.82. The molecule has 218 valence electrons. The molecular weight excluding hydrogens is 528 g/mol. The molecule has 0 aliphatic carbocycles. The predicted molar refractivity (Wildman–Crippen MR) is 164 cm³/mol. The number of nitrogens with zero attached hydrogens (tertiary/aromatic N) is 6. The maximum absolute atomic E-state index is 13.3. The van der Waals surface area contributed by atoms with Crippen LogP contribution in [0.2, 0.25) is 0 Å². The van der Waals surface area contributed by atoms with Gasteiger partial charge in [0.15, 0.2) is 11.6 Å². The van der Waals surface area contributed by atoms with E-state index in [-0.39, 0.29) is 24.1 Å². The fourth-order valence-corrected chi connectivity index (χ4v) is 5.17. The van der Waals surface area contributed by atoms with Gasteiger partial charge in [-0.05, 0) is 48.5 Å². The summed E-state index contributed by atoms with van der Waals surface area (Å²) in [5, 5.41) is 8.97. The van der Waals surface area contributed by atoms with Crippen molar-refractivity contribution >= 4 is 17.6 Å². The van der Waals surface area contributed by atoms with Gasteiger partial charge >= 0.3 is 0 Å². The van der Waals surface area contributed by atoms with Gasteiger partial charge in [0, 0.05) is 44.8 Å². The van der Waals surface area contributed by atoms with Crippen LogP contribution in [-0.4, -0.2) is 95.6 Å². The van der Waals surface area contributed by atoms with Gasteiger partial charge in [0.2, 0.25) is 5.91 Å². The highest BCUT2D eigenvalue weighted by molar-refractivity contribution is 5.94. The number of amides is 2. The minimum absolute atomic E-state index is 0.0262. The fraction of sp³-hybridized carbons (Fsp3) is 0.333. The predicted octanol–water partition coefficient (Wildman–Crippen LogP) is 4.54. The van der Waals surface area contributed by atoms with Crippen molar-refractivity contribution in [1.29, 1.82) is 0 Å². The summed E-state index contributed by atoms with van der Waals surface area (Å²) in [6.07, 6.45) is 1.48. The zero-order valence-electron chi connectivity index (χ0n) is 24.4. The molecule has 2 aromatic carbocycles. The van der Waals surface area contributed by atoms with Crippen LogP contribution in [0.1, 0.15) is 24.4 Å². The Morgan fingerprint density at radius 3 is 2.07 bits per heavy atom. The van der Waals surface area contributed by atoms with E-state index in [9.17, 15) is 9.59 Å². The molecule has 0 N–H and O–H groups in total. The van der Waals surface area contributed by atoms with E-state index in [4.69, 9.17) is 4.42 Å². The third kappa shape index (κ3) is 7.03. The average molecular weight is 567 g/mol. The smallest absolute Gasteiger partial charge is 0.290 e. The van der Waals surface area contributed by atoms with Crippen molar-refractivity contribution in [1.82, 2.24) is 24.9 Å². The molecule has 42 heavy (non-hydrogen) atoms. The Kier molecular flexibility index (Phi) is 9.61. The first-order valence-electron chi connectivity index (χ1n) is 14.6. The summed E-state index contributed by atoms with van der Waals surface area (Å²) in [5.41, 5.74) is 4.17. The van der Waals surface area contributed by atoms with E-state index in [1.165, 1.54) is 11.8 Å². The molecule has 3 heterocycles. The molecule has 0 atom stereocenters. The van der Waals surface area contributed by atoms with Gasteiger partial charge in [0.05, 0.1) is 12.0 Å². The van der Waals surface area contributed by atoms with Crippen molar-refractivity contribution in [2.45, 2.75) is 13.8 Å². The first-order chi connectivity index (χ1) is 20.6. The van der Waals surface area contributed by atoms with E-state index in [0.717, 1.165) is 35.7 Å². The van der Waals surface area contributed by atoms with Gasteiger partial charge < -0.3 is 24.0 Å². The van der Waals surface area contributed by atoms with Crippen LogP contribution in [0, 0.1) is 0 Å². The largest absolute Gasteiger partial charge is 0.459 e. The van der Waals surface area contributed by atoms with E-state index in [0.29, 0.717) is 39.3 Å². The number of carbonyl (C=O) groups excluding carboxylic acids is 2. The van der Waals surface area contributed by atoms with E-state index in [1.807, 2.05) is 35.2 Å². The molecule has 1 aliphatic rings. The monoisotopic (exact) mass is 566 g/mol. The number of hydrogen-bond acceptors (Lipinski definition) is 7. The number of rotatable bonds is 11. The molecule has 0 bridgehead atoms. The van der Waals surface area contributed by atoms with Crippen molar-refractivity contribution in [2.75, 3.05) is 63.8 Å². The lowest BCUT2D eigenvalue weighted by Crippen LogP contribution is -2.52. The van der Waals surface area contributed by atoms with Crippen LogP contribution in [0.4, 0.5) is 5.82 Å². The van der Waals surface area contributed by atoms with Crippen molar-refractivity contribution in [3.05, 3.63) is 90.9 Å². The lowest BCUT2D eigenvalue weighted by Gasteiger charge is -2.36. The van der Waals surface area contributed by atoms with E-state index in [1.54, 1.807) is 17.0 Å². The topological polar surface area (TPSA) is 86.0 Å². The highest BCUT2D eigenvalue weighted by atomic mass is 16.3. The molecule has 0 unspecified atom stereocenters. The first kappa shape index (κ1) is 29.0. The summed E-state index contributed by atoms with van der Waals surface area (Å²) < 4.78 is 5.34. The Labute approximate surface area is 247 Å². The summed E-state index contributed by atoms with van der Waals surface area (Å²) in [4.78, 5) is 34.2. The Balaban J connectivity index is 1.16. The molecule has 2 aromatic heterocycles. The number of aromatic nitrogens is 2. The van der Waals surface area contributed by atoms with E-state index in [2.05, 4.69) is 70.2 Å². The highest BCUT2D eigenvalue weighted by Crippen LogP contribution is 2.24. The highest BCUT2D eigenvalue weighted by Gasteiger charge is 2.27. The fourth-order valence-electron chi connectivity index (χ4n) is 5.17. The molecule has 0 saturated carbocycles. The normalized spacial score (nSPS) is 13.4. The Morgan fingerprint density at radius 2 is 1.45 bits per heavy atom. The maximum Gasteiger partial charge on any atom is 0.290 e. The van der Waals surface area contributed by atoms with Crippen LogP contribution in [0.5, 0.6) is 0 Å². The van der Waals surface area contributed by atoms with Crippen LogP contribution in [0.25, 0.3) is 22.4 Å². The van der Waals surface area contributed by atoms with Gasteiger partial charge in [-0.2, -0.15) is 0 Å². The Hall–Kier alpha value is -4.50. The van der Waals surface area contributed by atoms with Crippen LogP contribution in [-0.2, 0) is 4.79 Å². The number of likely N-dealkylation sites (N-methyl/N-ethyl adjacent to an activating group) is 1. The number of piperazine rings is 1. The maximum atomic E-state index is 13.3. The van der Waals surface area contributed by atoms with Crippen molar-refractivity contribution < 1.29 is 14.0 Å². The Bertz CT molecular complexity index is 1410. The standard InChI is InChI=1S/C33H38N6O3/c1-3-36(4-2)18-19-39(33(41)30-11-8-24-42-30)25-32(40)38-22-20-37(21-23-38)31-17-16-29(34-35-31)28-14-12-27(13-15-28)26-9-6-5-7-10-26/h5-17,24H,3-4,18-23,25H2,1-2H3. The minimum Gasteiger partial charge on any atom is -0.459 e. The molecule has 4 aromatic rings. The number of hydrogen-bond donors (Lipinski definition) is 0. The lowest BCUT2D eigenvalue weighted by atomic mass is 10.0. The van der Waals surface area contributed by atoms with Crippen molar-refractivity contribution in [3.63, 3.8) is 0 Å². The molecular formula is C33H38N6O3.